The van der Waals surface area contributed by atoms with Gasteiger partial charge in [0.25, 0.3) is 10.1 Å². The SMILES string of the molecule is CC(CNC(=O)[C@@H](N)C(C)C(=O)O)CS(=O)(=O)O. The van der Waals surface area contributed by atoms with Crippen molar-refractivity contribution in [2.75, 3.05) is 12.3 Å². The zero-order valence-corrected chi connectivity index (χ0v) is 11.0. The summed E-state index contributed by atoms with van der Waals surface area (Å²) in [7, 11) is -4.10. The summed E-state index contributed by atoms with van der Waals surface area (Å²) in [5, 5.41) is 11.0. The molecule has 0 aromatic carbocycles. The second kappa shape index (κ2) is 6.66. The van der Waals surface area contributed by atoms with Gasteiger partial charge < -0.3 is 16.2 Å². The average molecular weight is 282 g/mol. The summed E-state index contributed by atoms with van der Waals surface area (Å²) in [6, 6.07) is -1.21. The molecule has 0 aromatic rings. The normalized spacial score (nSPS) is 16.7. The van der Waals surface area contributed by atoms with E-state index in [2.05, 4.69) is 5.32 Å². The molecule has 18 heavy (non-hydrogen) atoms. The van der Waals surface area contributed by atoms with Crippen molar-refractivity contribution in [2.24, 2.45) is 17.6 Å². The number of carboxylic acid groups (broad SMARTS) is 1. The highest BCUT2D eigenvalue weighted by atomic mass is 32.2. The Labute approximate surface area is 105 Å². The standard InChI is InChI=1S/C9H18N2O6S/c1-5(4-18(15,16)17)3-11-8(12)7(10)6(2)9(13)14/h5-7H,3-4,10H2,1-2H3,(H,11,12)(H,13,14)(H,15,16,17)/t5?,6?,7-/m0/s1. The van der Waals surface area contributed by atoms with E-state index < -0.39 is 45.6 Å². The van der Waals surface area contributed by atoms with Gasteiger partial charge in [-0.1, -0.05) is 6.92 Å². The molecule has 0 aliphatic rings. The van der Waals surface area contributed by atoms with Gasteiger partial charge >= 0.3 is 5.97 Å². The number of nitrogens with one attached hydrogen (secondary N) is 1. The van der Waals surface area contributed by atoms with Crippen molar-refractivity contribution >= 4 is 22.0 Å². The number of carboxylic acids is 1. The molecule has 9 heteroatoms. The summed E-state index contributed by atoms with van der Waals surface area (Å²) in [6.45, 7) is 2.80. The second-order valence-corrected chi connectivity index (χ2v) is 5.75. The third-order valence-corrected chi connectivity index (χ3v) is 3.34. The first-order valence-electron chi connectivity index (χ1n) is 5.26. The van der Waals surface area contributed by atoms with Crippen LogP contribution in [0.4, 0.5) is 0 Å². The molecule has 0 bridgehead atoms. The van der Waals surface area contributed by atoms with E-state index in [-0.39, 0.29) is 6.54 Å². The van der Waals surface area contributed by atoms with Crippen LogP contribution in [0.5, 0.6) is 0 Å². The molecule has 8 nitrogen and oxygen atoms in total. The summed E-state index contributed by atoms with van der Waals surface area (Å²) in [4.78, 5) is 22.0. The molecule has 0 spiro atoms. The van der Waals surface area contributed by atoms with Crippen LogP contribution in [0, 0.1) is 11.8 Å². The van der Waals surface area contributed by atoms with Gasteiger partial charge in [0.15, 0.2) is 0 Å². The molecule has 0 fully saturated rings. The molecule has 0 aromatic heterocycles. The number of hydrogen-bond acceptors (Lipinski definition) is 5. The van der Waals surface area contributed by atoms with E-state index in [9.17, 15) is 18.0 Å². The Balaban J connectivity index is 4.22. The molecule has 0 aliphatic carbocycles. The molecular formula is C9H18N2O6S. The van der Waals surface area contributed by atoms with Crippen LogP contribution in [-0.4, -0.2) is 48.3 Å². The molecule has 2 unspecified atom stereocenters. The van der Waals surface area contributed by atoms with Crippen molar-refractivity contribution < 1.29 is 27.7 Å². The van der Waals surface area contributed by atoms with E-state index in [1.165, 1.54) is 13.8 Å². The van der Waals surface area contributed by atoms with E-state index >= 15 is 0 Å². The van der Waals surface area contributed by atoms with Crippen LogP contribution in [0.3, 0.4) is 0 Å². The molecule has 3 atom stereocenters. The van der Waals surface area contributed by atoms with E-state index in [1.807, 2.05) is 0 Å². The topological polar surface area (TPSA) is 147 Å². The van der Waals surface area contributed by atoms with Gasteiger partial charge in [-0.15, -0.1) is 0 Å². The van der Waals surface area contributed by atoms with E-state index in [4.69, 9.17) is 15.4 Å². The number of hydrogen-bond donors (Lipinski definition) is 4. The van der Waals surface area contributed by atoms with Gasteiger partial charge in [-0.2, -0.15) is 8.42 Å². The van der Waals surface area contributed by atoms with Crippen molar-refractivity contribution in [2.45, 2.75) is 19.9 Å². The number of rotatable bonds is 7. The first-order chi connectivity index (χ1) is 8.04. The average Bonchev–Trinajstić information content (AvgIpc) is 2.21. The van der Waals surface area contributed by atoms with Gasteiger partial charge in [-0.25, -0.2) is 0 Å². The summed E-state index contributed by atoms with van der Waals surface area (Å²) in [5.74, 6) is -3.90. The van der Waals surface area contributed by atoms with Crippen LogP contribution in [-0.2, 0) is 19.7 Å². The van der Waals surface area contributed by atoms with Gasteiger partial charge in [-0.3, -0.25) is 14.1 Å². The van der Waals surface area contributed by atoms with Gasteiger partial charge in [0.2, 0.25) is 5.91 Å². The minimum absolute atomic E-state index is 0.0152. The van der Waals surface area contributed by atoms with Crippen LogP contribution in [0.15, 0.2) is 0 Å². The fraction of sp³-hybridized carbons (Fsp3) is 0.778. The van der Waals surface area contributed by atoms with Crippen LogP contribution in [0.2, 0.25) is 0 Å². The third kappa shape index (κ3) is 6.52. The number of carbonyl (C=O) groups excluding carboxylic acids is 1. The Morgan fingerprint density at radius 3 is 2.22 bits per heavy atom. The zero-order valence-electron chi connectivity index (χ0n) is 10.2. The van der Waals surface area contributed by atoms with Crippen molar-refractivity contribution in [3.63, 3.8) is 0 Å². The smallest absolute Gasteiger partial charge is 0.308 e. The molecular weight excluding hydrogens is 264 g/mol. The Kier molecular flexibility index (Phi) is 6.22. The summed E-state index contributed by atoms with van der Waals surface area (Å²) in [6.07, 6.45) is 0. The molecule has 1 amide bonds. The van der Waals surface area contributed by atoms with Crippen LogP contribution < -0.4 is 11.1 Å². The lowest BCUT2D eigenvalue weighted by Crippen LogP contribution is -2.48. The van der Waals surface area contributed by atoms with Gasteiger partial charge in [0, 0.05) is 6.54 Å². The predicted octanol–water partition coefficient (Wildman–Crippen LogP) is -1.33. The molecule has 106 valence electrons. The predicted molar refractivity (Wildman–Crippen MR) is 63.4 cm³/mol. The summed E-state index contributed by atoms with van der Waals surface area (Å²) in [5.41, 5.74) is 5.41. The van der Waals surface area contributed by atoms with E-state index in [0.29, 0.717) is 0 Å². The Morgan fingerprint density at radius 1 is 1.33 bits per heavy atom. The minimum atomic E-state index is -4.10. The number of aliphatic carboxylic acids is 1. The Bertz CT molecular complexity index is 407. The van der Waals surface area contributed by atoms with Gasteiger partial charge in [-0.05, 0) is 12.8 Å². The van der Waals surface area contributed by atoms with Crippen molar-refractivity contribution in [1.29, 1.82) is 0 Å². The second-order valence-electron chi connectivity index (χ2n) is 4.25. The van der Waals surface area contributed by atoms with Crippen LogP contribution in [0.1, 0.15) is 13.8 Å². The molecule has 0 radical (unpaired) electrons. The first-order valence-corrected chi connectivity index (χ1v) is 6.86. The quantitative estimate of drug-likeness (QED) is 0.423. The zero-order chi connectivity index (χ0) is 14.5. The fourth-order valence-electron chi connectivity index (χ4n) is 1.19. The summed E-state index contributed by atoms with van der Waals surface area (Å²) >= 11 is 0. The number of nitrogens with two attached hydrogens (primary N) is 1. The first kappa shape index (κ1) is 16.8. The van der Waals surface area contributed by atoms with Crippen molar-refractivity contribution in [3.05, 3.63) is 0 Å². The highest BCUT2D eigenvalue weighted by Crippen LogP contribution is 2.02. The number of carbonyl (C=O) groups is 2. The lowest BCUT2D eigenvalue weighted by Gasteiger charge is -2.17. The Morgan fingerprint density at radius 2 is 1.83 bits per heavy atom. The lowest BCUT2D eigenvalue weighted by atomic mass is 10.0. The summed E-state index contributed by atoms with van der Waals surface area (Å²) < 4.78 is 29.7. The molecule has 0 heterocycles. The monoisotopic (exact) mass is 282 g/mol. The van der Waals surface area contributed by atoms with E-state index in [0.717, 1.165) is 0 Å². The maximum absolute atomic E-state index is 11.4. The van der Waals surface area contributed by atoms with Gasteiger partial charge in [0.05, 0.1) is 17.7 Å². The van der Waals surface area contributed by atoms with Gasteiger partial charge in [0.1, 0.15) is 0 Å². The fourth-order valence-corrected chi connectivity index (χ4v) is 2.03. The molecule has 0 rings (SSSR count). The van der Waals surface area contributed by atoms with Crippen molar-refractivity contribution in [1.82, 2.24) is 5.32 Å². The molecule has 0 saturated carbocycles. The Hall–Kier alpha value is -1.19. The largest absolute Gasteiger partial charge is 0.481 e. The minimum Gasteiger partial charge on any atom is -0.481 e. The number of amides is 1. The van der Waals surface area contributed by atoms with Crippen LogP contribution in [0.25, 0.3) is 0 Å². The maximum Gasteiger partial charge on any atom is 0.308 e. The molecule has 0 aliphatic heterocycles. The highest BCUT2D eigenvalue weighted by molar-refractivity contribution is 7.85. The van der Waals surface area contributed by atoms with E-state index in [1.54, 1.807) is 0 Å². The maximum atomic E-state index is 11.4. The van der Waals surface area contributed by atoms with Crippen molar-refractivity contribution in [3.8, 4) is 0 Å². The third-order valence-electron chi connectivity index (χ3n) is 2.35. The molecule has 0 saturated heterocycles. The molecule has 5 N–H and O–H groups in total. The lowest BCUT2D eigenvalue weighted by molar-refractivity contribution is -0.144. The highest BCUT2D eigenvalue weighted by Gasteiger charge is 2.26. The van der Waals surface area contributed by atoms with Crippen LogP contribution >= 0.6 is 0 Å².